The maximum atomic E-state index is 12.6. The third kappa shape index (κ3) is 2.94. The number of aromatic amines is 1. The predicted octanol–water partition coefficient (Wildman–Crippen LogP) is 2.70. The Morgan fingerprint density at radius 3 is 2.89 bits per heavy atom. The molecule has 5 rings (SSSR count). The van der Waals surface area contributed by atoms with E-state index in [9.17, 15) is 4.79 Å². The first-order valence-electron chi connectivity index (χ1n) is 8.93. The van der Waals surface area contributed by atoms with Crippen molar-refractivity contribution >= 4 is 22.6 Å². The highest BCUT2D eigenvalue weighted by molar-refractivity contribution is 6.03. The van der Waals surface area contributed by atoms with Crippen molar-refractivity contribution in [3.05, 3.63) is 60.4 Å². The van der Waals surface area contributed by atoms with Gasteiger partial charge < -0.3 is 14.8 Å². The molecule has 2 aromatic heterocycles. The van der Waals surface area contributed by atoms with Gasteiger partial charge in [-0.3, -0.25) is 9.89 Å². The van der Waals surface area contributed by atoms with Gasteiger partial charge in [0.15, 0.2) is 17.3 Å². The number of carbonyl (C=O) groups is 1. The Balaban J connectivity index is 1.40. The van der Waals surface area contributed by atoms with Crippen molar-refractivity contribution in [3.8, 4) is 17.2 Å². The number of anilines is 1. The molecule has 0 radical (unpaired) electrons. The van der Waals surface area contributed by atoms with Crippen LogP contribution in [0.3, 0.4) is 0 Å². The molecule has 0 aliphatic carbocycles. The first kappa shape index (κ1) is 16.4. The van der Waals surface area contributed by atoms with Gasteiger partial charge in [-0.2, -0.15) is 10.2 Å². The second-order valence-corrected chi connectivity index (χ2v) is 6.43. The van der Waals surface area contributed by atoms with E-state index in [-0.39, 0.29) is 12.3 Å². The van der Waals surface area contributed by atoms with Crippen molar-refractivity contribution < 1.29 is 14.3 Å². The van der Waals surface area contributed by atoms with Crippen LogP contribution in [0.2, 0.25) is 0 Å². The fourth-order valence-electron chi connectivity index (χ4n) is 3.31. The number of fused-ring (bicyclic) bond motifs is 2. The largest absolute Gasteiger partial charge is 0.486 e. The smallest absolute Gasteiger partial charge is 0.230 e. The number of hydrogen-bond acceptors (Lipinski definition) is 5. The Bertz CT molecular complexity index is 1150. The topological polar surface area (TPSA) is 94.1 Å². The highest BCUT2D eigenvalue weighted by Crippen LogP contribution is 2.31. The monoisotopic (exact) mass is 375 g/mol. The molecule has 0 saturated heterocycles. The van der Waals surface area contributed by atoms with Crippen LogP contribution in [-0.4, -0.2) is 39.1 Å². The minimum Gasteiger partial charge on any atom is -0.486 e. The van der Waals surface area contributed by atoms with Crippen molar-refractivity contribution in [3.63, 3.8) is 0 Å². The summed E-state index contributed by atoms with van der Waals surface area (Å²) in [5.74, 6) is 1.68. The van der Waals surface area contributed by atoms with E-state index in [4.69, 9.17) is 9.47 Å². The van der Waals surface area contributed by atoms with Gasteiger partial charge in [0, 0.05) is 12.4 Å². The first-order chi connectivity index (χ1) is 13.8. The van der Waals surface area contributed by atoms with Gasteiger partial charge in [-0.1, -0.05) is 12.1 Å². The highest BCUT2D eigenvalue weighted by atomic mass is 16.6. The second kappa shape index (κ2) is 6.73. The summed E-state index contributed by atoms with van der Waals surface area (Å²) < 4.78 is 12.8. The number of hydrogen-bond donors (Lipinski definition) is 2. The lowest BCUT2D eigenvalue weighted by molar-refractivity contribution is -0.115. The number of benzene rings is 2. The molecule has 0 saturated carbocycles. The van der Waals surface area contributed by atoms with Crippen molar-refractivity contribution in [2.45, 2.75) is 6.42 Å². The highest BCUT2D eigenvalue weighted by Gasteiger charge is 2.16. The van der Waals surface area contributed by atoms with Crippen LogP contribution < -0.4 is 14.8 Å². The van der Waals surface area contributed by atoms with E-state index >= 15 is 0 Å². The SMILES string of the molecule is O=C(Cc1ccc2c(c1)OCCO2)Nc1n[nH]c2cccc(-n3cccn3)c12. The lowest BCUT2D eigenvalue weighted by Gasteiger charge is -2.18. The molecule has 1 aliphatic rings. The molecule has 8 nitrogen and oxygen atoms in total. The van der Waals surface area contributed by atoms with Gasteiger partial charge in [0.1, 0.15) is 13.2 Å². The van der Waals surface area contributed by atoms with Crippen LogP contribution in [0.4, 0.5) is 5.82 Å². The van der Waals surface area contributed by atoms with Gasteiger partial charge in [0.25, 0.3) is 0 Å². The lowest BCUT2D eigenvalue weighted by Crippen LogP contribution is -2.17. The van der Waals surface area contributed by atoms with Crippen molar-refractivity contribution in [2.75, 3.05) is 18.5 Å². The Kier molecular flexibility index (Phi) is 3.93. The zero-order valence-electron chi connectivity index (χ0n) is 14.9. The molecule has 2 N–H and O–H groups in total. The average Bonchev–Trinajstić information content (AvgIpc) is 3.38. The van der Waals surface area contributed by atoms with Gasteiger partial charge in [-0.15, -0.1) is 0 Å². The van der Waals surface area contributed by atoms with Gasteiger partial charge in [0.05, 0.1) is 23.0 Å². The van der Waals surface area contributed by atoms with Crippen LogP contribution in [0.15, 0.2) is 54.9 Å². The number of ether oxygens (including phenoxy) is 2. The summed E-state index contributed by atoms with van der Waals surface area (Å²) in [6, 6.07) is 13.1. The maximum absolute atomic E-state index is 12.6. The molecular weight excluding hydrogens is 358 g/mol. The summed E-state index contributed by atoms with van der Waals surface area (Å²) >= 11 is 0. The second-order valence-electron chi connectivity index (χ2n) is 6.43. The van der Waals surface area contributed by atoms with Gasteiger partial charge in [0.2, 0.25) is 5.91 Å². The van der Waals surface area contributed by atoms with Crippen LogP contribution >= 0.6 is 0 Å². The van der Waals surface area contributed by atoms with E-state index in [1.165, 1.54) is 0 Å². The average molecular weight is 375 g/mol. The fraction of sp³-hybridized carbons (Fsp3) is 0.150. The molecule has 0 bridgehead atoms. The summed E-state index contributed by atoms with van der Waals surface area (Å²) in [7, 11) is 0. The van der Waals surface area contributed by atoms with E-state index in [2.05, 4.69) is 20.6 Å². The van der Waals surface area contributed by atoms with Gasteiger partial charge in [-0.05, 0) is 35.9 Å². The first-order valence-corrected chi connectivity index (χ1v) is 8.93. The fourth-order valence-corrected chi connectivity index (χ4v) is 3.31. The summed E-state index contributed by atoms with van der Waals surface area (Å²) in [6.45, 7) is 1.05. The summed E-state index contributed by atoms with van der Waals surface area (Å²) in [5.41, 5.74) is 2.50. The van der Waals surface area contributed by atoms with Crippen LogP contribution in [0.5, 0.6) is 11.5 Å². The molecule has 1 amide bonds. The number of aromatic nitrogens is 4. The van der Waals surface area contributed by atoms with Gasteiger partial charge in [-0.25, -0.2) is 4.68 Å². The molecule has 28 heavy (non-hydrogen) atoms. The van der Waals surface area contributed by atoms with Gasteiger partial charge >= 0.3 is 0 Å². The molecule has 0 atom stereocenters. The van der Waals surface area contributed by atoms with E-state index in [0.29, 0.717) is 30.5 Å². The number of nitrogens with one attached hydrogen (secondary N) is 2. The Morgan fingerprint density at radius 2 is 2.04 bits per heavy atom. The predicted molar refractivity (Wildman–Crippen MR) is 103 cm³/mol. The minimum absolute atomic E-state index is 0.166. The standard InChI is InChI=1S/C20H17N5O3/c26-18(12-13-5-6-16-17(11-13)28-10-9-27-16)22-20-19-14(23-24-20)3-1-4-15(19)25-8-2-7-21-25/h1-8,11H,9-10,12H2,(H2,22,23,24,26). The quantitative estimate of drug-likeness (QED) is 0.572. The van der Waals surface area contributed by atoms with Crippen molar-refractivity contribution in [1.82, 2.24) is 20.0 Å². The summed E-state index contributed by atoms with van der Waals surface area (Å²) in [4.78, 5) is 12.6. The molecule has 8 heteroatoms. The van der Waals surface area contributed by atoms with Crippen LogP contribution in [-0.2, 0) is 11.2 Å². The number of rotatable bonds is 4. The third-order valence-electron chi connectivity index (χ3n) is 4.55. The van der Waals surface area contributed by atoms with Crippen molar-refractivity contribution in [2.24, 2.45) is 0 Å². The van der Waals surface area contributed by atoms with E-state index < -0.39 is 0 Å². The van der Waals surface area contributed by atoms with Crippen molar-refractivity contribution in [1.29, 1.82) is 0 Å². The molecule has 0 spiro atoms. The maximum Gasteiger partial charge on any atom is 0.230 e. The van der Waals surface area contributed by atoms with E-state index in [0.717, 1.165) is 22.2 Å². The molecule has 0 fully saturated rings. The Labute approximate surface area is 160 Å². The zero-order chi connectivity index (χ0) is 18.9. The number of H-pyrrole nitrogens is 1. The molecule has 4 aromatic rings. The zero-order valence-corrected chi connectivity index (χ0v) is 14.9. The lowest BCUT2D eigenvalue weighted by atomic mass is 10.1. The molecule has 140 valence electrons. The Morgan fingerprint density at radius 1 is 1.14 bits per heavy atom. The molecule has 3 heterocycles. The summed E-state index contributed by atoms with van der Waals surface area (Å²) in [5, 5.41) is 15.2. The minimum atomic E-state index is -0.166. The molecule has 2 aromatic carbocycles. The van der Waals surface area contributed by atoms with E-state index in [1.54, 1.807) is 10.9 Å². The normalized spacial score (nSPS) is 12.9. The number of carbonyl (C=O) groups excluding carboxylic acids is 1. The van der Waals surface area contributed by atoms with Crippen LogP contribution in [0, 0.1) is 0 Å². The van der Waals surface area contributed by atoms with Crippen LogP contribution in [0.25, 0.3) is 16.6 Å². The van der Waals surface area contributed by atoms with E-state index in [1.807, 2.05) is 48.7 Å². The molecule has 1 aliphatic heterocycles. The third-order valence-corrected chi connectivity index (χ3v) is 4.55. The number of nitrogens with zero attached hydrogens (tertiary/aromatic N) is 3. The van der Waals surface area contributed by atoms with Crippen LogP contribution in [0.1, 0.15) is 5.56 Å². The summed E-state index contributed by atoms with van der Waals surface area (Å²) in [6.07, 6.45) is 3.76. The molecular formula is C20H17N5O3. The number of amides is 1. The molecule has 0 unspecified atom stereocenters. The Hall–Kier alpha value is -3.81.